The van der Waals surface area contributed by atoms with Crippen molar-refractivity contribution >= 4 is 5.69 Å². The summed E-state index contributed by atoms with van der Waals surface area (Å²) in [5.41, 5.74) is 1.36. The smallest absolute Gasteiger partial charge is 0.0366 e. The van der Waals surface area contributed by atoms with Crippen molar-refractivity contribution in [1.82, 2.24) is 5.32 Å². The molecule has 2 rings (SSSR count). The van der Waals surface area contributed by atoms with Gasteiger partial charge in [-0.2, -0.15) is 0 Å². The zero-order valence-electron chi connectivity index (χ0n) is 10.3. The summed E-state index contributed by atoms with van der Waals surface area (Å²) in [5.74, 6) is 0.825. The zero-order chi connectivity index (χ0) is 11.4. The Bertz CT molecular complexity index is 298. The Labute approximate surface area is 98.7 Å². The minimum atomic E-state index is 0.638. The second-order valence-corrected chi connectivity index (χ2v) is 4.74. The molecule has 0 spiro atoms. The Kier molecular flexibility index (Phi) is 3.83. The second-order valence-electron chi connectivity index (χ2n) is 4.74. The first-order chi connectivity index (χ1) is 7.83. The maximum atomic E-state index is 3.43. The fraction of sp³-hybridized carbons (Fsp3) is 0.571. The van der Waals surface area contributed by atoms with Gasteiger partial charge in [-0.05, 0) is 31.5 Å². The van der Waals surface area contributed by atoms with Crippen LogP contribution in [0.3, 0.4) is 0 Å². The first kappa shape index (κ1) is 11.5. The summed E-state index contributed by atoms with van der Waals surface area (Å²) < 4.78 is 0. The molecule has 0 aromatic heterocycles. The average Bonchev–Trinajstić information content (AvgIpc) is 2.39. The number of anilines is 1. The van der Waals surface area contributed by atoms with Gasteiger partial charge in [-0.15, -0.1) is 0 Å². The number of piperidine rings is 1. The highest BCUT2D eigenvalue weighted by Crippen LogP contribution is 2.24. The van der Waals surface area contributed by atoms with E-state index in [1.54, 1.807) is 0 Å². The van der Waals surface area contributed by atoms with Gasteiger partial charge in [-0.25, -0.2) is 0 Å². The summed E-state index contributed by atoms with van der Waals surface area (Å²) in [5, 5.41) is 3.43. The second kappa shape index (κ2) is 5.35. The number of nitrogens with one attached hydrogen (secondary N) is 1. The zero-order valence-corrected chi connectivity index (χ0v) is 10.3. The van der Waals surface area contributed by atoms with Crippen molar-refractivity contribution in [2.24, 2.45) is 5.92 Å². The van der Waals surface area contributed by atoms with Crippen LogP contribution < -0.4 is 10.2 Å². The third-order valence-corrected chi connectivity index (χ3v) is 3.64. The number of para-hydroxylation sites is 1. The third kappa shape index (κ3) is 2.56. The SMILES string of the molecule is CCC1CC(NC)CN(c2ccccc2)C1. The van der Waals surface area contributed by atoms with E-state index in [1.165, 1.54) is 25.1 Å². The van der Waals surface area contributed by atoms with Gasteiger partial charge in [0.05, 0.1) is 0 Å². The van der Waals surface area contributed by atoms with Crippen LogP contribution in [0.1, 0.15) is 19.8 Å². The first-order valence-electron chi connectivity index (χ1n) is 6.30. The Morgan fingerprint density at radius 3 is 2.62 bits per heavy atom. The Morgan fingerprint density at radius 2 is 2.00 bits per heavy atom. The van der Waals surface area contributed by atoms with Gasteiger partial charge < -0.3 is 10.2 Å². The summed E-state index contributed by atoms with van der Waals surface area (Å²) in [6, 6.07) is 11.4. The molecule has 1 saturated heterocycles. The van der Waals surface area contributed by atoms with E-state index in [2.05, 4.69) is 54.5 Å². The fourth-order valence-corrected chi connectivity index (χ4v) is 2.56. The van der Waals surface area contributed by atoms with Crippen LogP contribution in [0.4, 0.5) is 5.69 Å². The van der Waals surface area contributed by atoms with Crippen LogP contribution in [-0.2, 0) is 0 Å². The number of likely N-dealkylation sites (N-methyl/N-ethyl adjacent to an activating group) is 1. The fourth-order valence-electron chi connectivity index (χ4n) is 2.56. The lowest BCUT2D eigenvalue weighted by molar-refractivity contribution is 0.339. The van der Waals surface area contributed by atoms with Crippen molar-refractivity contribution in [3.8, 4) is 0 Å². The van der Waals surface area contributed by atoms with Crippen molar-refractivity contribution in [2.75, 3.05) is 25.0 Å². The molecule has 1 aliphatic rings. The van der Waals surface area contributed by atoms with E-state index in [1.807, 2.05) is 0 Å². The van der Waals surface area contributed by atoms with E-state index in [0.29, 0.717) is 6.04 Å². The van der Waals surface area contributed by atoms with Crippen LogP contribution in [0, 0.1) is 5.92 Å². The molecule has 1 N–H and O–H groups in total. The largest absolute Gasteiger partial charge is 0.370 e. The molecule has 1 aromatic rings. The van der Waals surface area contributed by atoms with E-state index in [4.69, 9.17) is 0 Å². The Balaban J connectivity index is 2.09. The van der Waals surface area contributed by atoms with E-state index in [-0.39, 0.29) is 0 Å². The monoisotopic (exact) mass is 218 g/mol. The van der Waals surface area contributed by atoms with Crippen LogP contribution in [-0.4, -0.2) is 26.2 Å². The standard InChI is InChI=1S/C14H22N2/c1-3-12-9-13(15-2)11-16(10-12)14-7-5-4-6-8-14/h4-8,12-13,15H,3,9-11H2,1-2H3. The average molecular weight is 218 g/mol. The van der Waals surface area contributed by atoms with Crippen LogP contribution >= 0.6 is 0 Å². The van der Waals surface area contributed by atoms with Crippen molar-refractivity contribution in [3.05, 3.63) is 30.3 Å². The summed E-state index contributed by atoms with van der Waals surface area (Å²) >= 11 is 0. The summed E-state index contributed by atoms with van der Waals surface area (Å²) in [6.07, 6.45) is 2.60. The van der Waals surface area contributed by atoms with Crippen molar-refractivity contribution in [1.29, 1.82) is 0 Å². The molecular weight excluding hydrogens is 196 g/mol. The van der Waals surface area contributed by atoms with Crippen molar-refractivity contribution in [3.63, 3.8) is 0 Å². The van der Waals surface area contributed by atoms with E-state index in [9.17, 15) is 0 Å². The van der Waals surface area contributed by atoms with E-state index in [0.717, 1.165) is 12.5 Å². The van der Waals surface area contributed by atoms with E-state index >= 15 is 0 Å². The van der Waals surface area contributed by atoms with Gasteiger partial charge in [0.15, 0.2) is 0 Å². The number of rotatable bonds is 3. The van der Waals surface area contributed by atoms with Crippen LogP contribution in [0.15, 0.2) is 30.3 Å². The molecule has 0 amide bonds. The molecule has 2 heteroatoms. The molecule has 0 radical (unpaired) electrons. The minimum Gasteiger partial charge on any atom is -0.370 e. The molecular formula is C14H22N2. The summed E-state index contributed by atoms with van der Waals surface area (Å²) in [6.45, 7) is 4.64. The van der Waals surface area contributed by atoms with Gasteiger partial charge in [0, 0.05) is 24.8 Å². The lowest BCUT2D eigenvalue weighted by atomic mass is 9.92. The molecule has 0 bridgehead atoms. The number of hydrogen-bond donors (Lipinski definition) is 1. The predicted molar refractivity (Wildman–Crippen MR) is 69.9 cm³/mol. The molecule has 1 aliphatic heterocycles. The molecule has 1 aromatic carbocycles. The van der Waals surface area contributed by atoms with Crippen molar-refractivity contribution < 1.29 is 0 Å². The minimum absolute atomic E-state index is 0.638. The third-order valence-electron chi connectivity index (χ3n) is 3.64. The number of nitrogens with zero attached hydrogens (tertiary/aromatic N) is 1. The lowest BCUT2D eigenvalue weighted by Gasteiger charge is -2.39. The quantitative estimate of drug-likeness (QED) is 0.838. The highest BCUT2D eigenvalue weighted by Gasteiger charge is 2.25. The predicted octanol–water partition coefficient (Wildman–Crippen LogP) is 2.51. The Morgan fingerprint density at radius 1 is 1.25 bits per heavy atom. The molecule has 16 heavy (non-hydrogen) atoms. The van der Waals surface area contributed by atoms with E-state index < -0.39 is 0 Å². The molecule has 0 aliphatic carbocycles. The highest BCUT2D eigenvalue weighted by atomic mass is 15.2. The molecule has 88 valence electrons. The highest BCUT2D eigenvalue weighted by molar-refractivity contribution is 5.46. The van der Waals surface area contributed by atoms with Gasteiger partial charge in [-0.3, -0.25) is 0 Å². The van der Waals surface area contributed by atoms with Crippen LogP contribution in [0.25, 0.3) is 0 Å². The van der Waals surface area contributed by atoms with Crippen molar-refractivity contribution in [2.45, 2.75) is 25.8 Å². The van der Waals surface area contributed by atoms with Gasteiger partial charge >= 0.3 is 0 Å². The molecule has 1 fully saturated rings. The van der Waals surface area contributed by atoms with Gasteiger partial charge in [0.25, 0.3) is 0 Å². The lowest BCUT2D eigenvalue weighted by Crippen LogP contribution is -2.48. The molecule has 2 atom stereocenters. The van der Waals surface area contributed by atoms with Gasteiger partial charge in [0.1, 0.15) is 0 Å². The normalized spacial score (nSPS) is 25.8. The number of hydrogen-bond acceptors (Lipinski definition) is 2. The topological polar surface area (TPSA) is 15.3 Å². The van der Waals surface area contributed by atoms with Gasteiger partial charge in [0.2, 0.25) is 0 Å². The molecule has 1 heterocycles. The molecule has 2 nitrogen and oxygen atoms in total. The van der Waals surface area contributed by atoms with Crippen LogP contribution in [0.2, 0.25) is 0 Å². The van der Waals surface area contributed by atoms with Gasteiger partial charge in [-0.1, -0.05) is 31.5 Å². The maximum Gasteiger partial charge on any atom is 0.0366 e. The molecule has 2 unspecified atom stereocenters. The summed E-state index contributed by atoms with van der Waals surface area (Å²) in [7, 11) is 2.08. The first-order valence-corrected chi connectivity index (χ1v) is 6.30. The maximum absolute atomic E-state index is 3.43. The van der Waals surface area contributed by atoms with Crippen LogP contribution in [0.5, 0.6) is 0 Å². The number of benzene rings is 1. The molecule has 0 saturated carbocycles. The summed E-state index contributed by atoms with van der Waals surface area (Å²) in [4.78, 5) is 2.51. The Hall–Kier alpha value is -1.02.